The normalized spacial score (nSPS) is 10.9. The SMILES string of the molecule is C=CC(=O)NC(=O)C(C)=CC=C(C=CC#N)C(=O)OCCCC.C=Cc1ccccc1. The third-order valence-electron chi connectivity index (χ3n) is 3.63. The Hall–Kier alpha value is -3.98. The Morgan fingerprint density at radius 1 is 1.16 bits per heavy atom. The van der Waals surface area contributed by atoms with Crippen molar-refractivity contribution in [3.05, 3.63) is 90.6 Å². The van der Waals surface area contributed by atoms with Crippen LogP contribution in [0.5, 0.6) is 0 Å². The number of hydrogen-bond donors (Lipinski definition) is 1. The summed E-state index contributed by atoms with van der Waals surface area (Å²) in [6.07, 6.45) is 9.59. The second-order valence-electron chi connectivity index (χ2n) is 6.06. The van der Waals surface area contributed by atoms with Crippen LogP contribution in [0.3, 0.4) is 0 Å². The van der Waals surface area contributed by atoms with E-state index in [0.29, 0.717) is 0 Å². The average molecular weight is 421 g/mol. The van der Waals surface area contributed by atoms with Crippen molar-refractivity contribution in [3.63, 3.8) is 0 Å². The van der Waals surface area contributed by atoms with Crippen LogP contribution in [-0.4, -0.2) is 24.4 Å². The number of imide groups is 1. The van der Waals surface area contributed by atoms with Crippen molar-refractivity contribution in [2.24, 2.45) is 0 Å². The Labute approximate surface area is 183 Å². The van der Waals surface area contributed by atoms with Gasteiger partial charge >= 0.3 is 5.97 Å². The molecule has 0 aromatic heterocycles. The number of ether oxygens (including phenoxy) is 1. The van der Waals surface area contributed by atoms with Crippen LogP contribution in [0.25, 0.3) is 6.08 Å². The van der Waals surface area contributed by atoms with Gasteiger partial charge in [0.2, 0.25) is 5.91 Å². The van der Waals surface area contributed by atoms with Gasteiger partial charge in [-0.15, -0.1) is 0 Å². The van der Waals surface area contributed by atoms with Gasteiger partial charge in [-0.25, -0.2) is 4.79 Å². The van der Waals surface area contributed by atoms with Gasteiger partial charge in [0.15, 0.2) is 0 Å². The zero-order chi connectivity index (χ0) is 23.5. The summed E-state index contributed by atoms with van der Waals surface area (Å²) in [5.74, 6) is -1.80. The molecule has 6 heteroatoms. The Bertz CT molecular complexity index is 888. The topological polar surface area (TPSA) is 96.3 Å². The van der Waals surface area contributed by atoms with Gasteiger partial charge < -0.3 is 4.74 Å². The van der Waals surface area contributed by atoms with Crippen LogP contribution in [0.2, 0.25) is 0 Å². The number of benzene rings is 1. The minimum absolute atomic E-state index is 0.129. The number of nitrogens with one attached hydrogen (secondary N) is 1. The van der Waals surface area contributed by atoms with Gasteiger partial charge in [0.1, 0.15) is 0 Å². The fourth-order valence-electron chi connectivity index (χ4n) is 1.85. The number of nitrogens with zero attached hydrogens (tertiary/aromatic N) is 1. The number of esters is 1. The van der Waals surface area contributed by atoms with Crippen molar-refractivity contribution in [1.82, 2.24) is 5.32 Å². The summed E-state index contributed by atoms with van der Waals surface area (Å²) in [4.78, 5) is 34.6. The van der Waals surface area contributed by atoms with Crippen molar-refractivity contribution < 1.29 is 19.1 Å². The van der Waals surface area contributed by atoms with E-state index in [-0.39, 0.29) is 17.8 Å². The molecule has 0 saturated carbocycles. The van der Waals surface area contributed by atoms with Crippen molar-refractivity contribution in [1.29, 1.82) is 5.26 Å². The number of unbranched alkanes of at least 4 members (excludes halogenated alkanes) is 1. The molecule has 31 heavy (non-hydrogen) atoms. The molecule has 1 N–H and O–H groups in total. The third kappa shape index (κ3) is 13.0. The maximum atomic E-state index is 11.9. The van der Waals surface area contributed by atoms with Crippen LogP contribution in [0.15, 0.2) is 85.0 Å². The van der Waals surface area contributed by atoms with Gasteiger partial charge in [0.05, 0.1) is 18.2 Å². The standard InChI is InChI=1S/C17H20N2O4.C8H8/c1-4-6-12-23-17(22)14(8-7-11-18)10-9-13(3)16(21)19-15(20)5-2;1-2-8-6-4-3-5-7-8/h5,7-10H,2,4,6,12H2,1,3H3,(H,19,20,21);2-7H,1H2. The molecule has 0 aliphatic carbocycles. The van der Waals surface area contributed by atoms with Gasteiger partial charge in [-0.2, -0.15) is 5.26 Å². The molecule has 0 bridgehead atoms. The first-order valence-electron chi connectivity index (χ1n) is 9.66. The predicted molar refractivity (Wildman–Crippen MR) is 122 cm³/mol. The van der Waals surface area contributed by atoms with E-state index in [2.05, 4.69) is 18.5 Å². The molecule has 2 amide bonds. The highest BCUT2D eigenvalue weighted by Crippen LogP contribution is 2.05. The van der Waals surface area contributed by atoms with Crippen molar-refractivity contribution in [3.8, 4) is 6.07 Å². The van der Waals surface area contributed by atoms with Crippen LogP contribution in [0.1, 0.15) is 32.3 Å². The van der Waals surface area contributed by atoms with Crippen LogP contribution < -0.4 is 5.32 Å². The van der Waals surface area contributed by atoms with E-state index in [1.54, 1.807) is 6.07 Å². The molecule has 1 aromatic carbocycles. The lowest BCUT2D eigenvalue weighted by Gasteiger charge is -2.04. The Morgan fingerprint density at radius 3 is 2.35 bits per heavy atom. The fraction of sp³-hybridized carbons (Fsp3) is 0.200. The zero-order valence-corrected chi connectivity index (χ0v) is 18.0. The van der Waals surface area contributed by atoms with Gasteiger partial charge in [0.25, 0.3) is 5.91 Å². The summed E-state index contributed by atoms with van der Waals surface area (Å²) in [5.41, 5.74) is 1.52. The van der Waals surface area contributed by atoms with Crippen LogP contribution in [0.4, 0.5) is 0 Å². The maximum absolute atomic E-state index is 11.9. The minimum Gasteiger partial charge on any atom is -0.462 e. The van der Waals surface area contributed by atoms with E-state index in [1.165, 1.54) is 30.7 Å². The monoisotopic (exact) mass is 420 g/mol. The highest BCUT2D eigenvalue weighted by atomic mass is 16.5. The highest BCUT2D eigenvalue weighted by molar-refractivity contribution is 6.07. The summed E-state index contributed by atoms with van der Waals surface area (Å²) in [7, 11) is 0. The van der Waals surface area contributed by atoms with Crippen LogP contribution in [0, 0.1) is 11.3 Å². The van der Waals surface area contributed by atoms with Crippen LogP contribution >= 0.6 is 0 Å². The number of amides is 2. The largest absolute Gasteiger partial charge is 0.462 e. The first-order valence-corrected chi connectivity index (χ1v) is 9.66. The fourth-order valence-corrected chi connectivity index (χ4v) is 1.85. The molecule has 162 valence electrons. The summed E-state index contributed by atoms with van der Waals surface area (Å²) in [5, 5.41) is 10.6. The molecule has 0 fully saturated rings. The summed E-state index contributed by atoms with van der Waals surface area (Å²) in [6.45, 7) is 10.6. The number of hydrogen-bond acceptors (Lipinski definition) is 5. The summed E-state index contributed by atoms with van der Waals surface area (Å²) >= 11 is 0. The average Bonchev–Trinajstić information content (AvgIpc) is 2.79. The quantitative estimate of drug-likeness (QED) is 0.209. The first-order chi connectivity index (χ1) is 14.9. The third-order valence-corrected chi connectivity index (χ3v) is 3.63. The van der Waals surface area contributed by atoms with E-state index in [0.717, 1.165) is 25.0 Å². The zero-order valence-electron chi connectivity index (χ0n) is 18.0. The van der Waals surface area contributed by atoms with Crippen LogP contribution in [-0.2, 0) is 19.1 Å². The van der Waals surface area contributed by atoms with Gasteiger partial charge in [-0.1, -0.05) is 69.0 Å². The summed E-state index contributed by atoms with van der Waals surface area (Å²) in [6, 6.07) is 11.8. The Balaban J connectivity index is 0.000000929. The molecule has 0 heterocycles. The van der Waals surface area contributed by atoms with E-state index < -0.39 is 17.8 Å². The van der Waals surface area contributed by atoms with Gasteiger partial charge in [-0.05, 0) is 37.1 Å². The maximum Gasteiger partial charge on any atom is 0.338 e. The van der Waals surface area contributed by atoms with E-state index in [4.69, 9.17) is 10.00 Å². The molecule has 0 saturated heterocycles. The molecular weight excluding hydrogens is 392 g/mol. The molecule has 0 radical (unpaired) electrons. The number of allylic oxidation sites excluding steroid dienone is 3. The van der Waals surface area contributed by atoms with Gasteiger partial charge in [0, 0.05) is 11.6 Å². The first kappa shape index (κ1) is 27.0. The van der Waals surface area contributed by atoms with Gasteiger partial charge in [-0.3, -0.25) is 14.9 Å². The number of nitriles is 1. The Morgan fingerprint density at radius 2 is 1.84 bits per heavy atom. The van der Waals surface area contributed by atoms with Crippen molar-refractivity contribution >= 4 is 23.9 Å². The molecule has 0 spiro atoms. The molecule has 0 unspecified atom stereocenters. The molecule has 1 rings (SSSR count). The second kappa shape index (κ2) is 16.9. The van der Waals surface area contributed by atoms with E-state index in [9.17, 15) is 14.4 Å². The van der Waals surface area contributed by atoms with Crippen molar-refractivity contribution in [2.75, 3.05) is 6.61 Å². The number of carbonyl (C=O) groups is 3. The lowest BCUT2D eigenvalue weighted by atomic mass is 10.2. The van der Waals surface area contributed by atoms with E-state index >= 15 is 0 Å². The lowest BCUT2D eigenvalue weighted by molar-refractivity contribution is -0.138. The van der Waals surface area contributed by atoms with Crippen molar-refractivity contribution in [2.45, 2.75) is 26.7 Å². The molecule has 1 aromatic rings. The minimum atomic E-state index is -0.615. The number of carbonyl (C=O) groups excluding carboxylic acids is 3. The molecule has 6 nitrogen and oxygen atoms in total. The summed E-state index contributed by atoms with van der Waals surface area (Å²) < 4.78 is 5.05. The molecule has 0 atom stereocenters. The lowest BCUT2D eigenvalue weighted by Crippen LogP contribution is -2.29. The molecular formula is C25H28N2O4. The highest BCUT2D eigenvalue weighted by Gasteiger charge is 2.09. The predicted octanol–water partition coefficient (Wildman–Crippen LogP) is 4.44. The number of rotatable bonds is 9. The smallest absolute Gasteiger partial charge is 0.338 e. The Kier molecular flexibility index (Phi) is 14.8. The molecule has 0 aliphatic rings. The van der Waals surface area contributed by atoms with E-state index in [1.807, 2.05) is 43.3 Å². The molecule has 0 aliphatic heterocycles. The second-order valence-corrected chi connectivity index (χ2v) is 6.06.